The molecule has 0 aromatic heterocycles. The summed E-state index contributed by atoms with van der Waals surface area (Å²) in [6, 6.07) is 29.0. The molecular formula is C36H46BrN4O7PS2. The van der Waals surface area contributed by atoms with E-state index in [1.165, 1.54) is 21.6 Å². The van der Waals surface area contributed by atoms with Crippen LogP contribution in [0.25, 0.3) is 0 Å². The zero-order valence-corrected chi connectivity index (χ0v) is 32.9. The third-order valence-electron chi connectivity index (χ3n) is 7.88. The van der Waals surface area contributed by atoms with Crippen LogP contribution in [0.2, 0.25) is 0 Å². The van der Waals surface area contributed by atoms with Gasteiger partial charge in [-0.05, 0) is 20.3 Å². The first-order valence-electron chi connectivity index (χ1n) is 16.6. The van der Waals surface area contributed by atoms with E-state index in [9.17, 15) is 24.0 Å². The van der Waals surface area contributed by atoms with E-state index < -0.39 is 41.1 Å². The molecule has 2 unspecified atom stereocenters. The molecule has 3 aromatic rings. The van der Waals surface area contributed by atoms with Crippen molar-refractivity contribution >= 4 is 88.0 Å². The smallest absolute Gasteiger partial charge is 0.465 e. The number of rotatable bonds is 21. The first-order valence-corrected chi connectivity index (χ1v) is 23.5. The van der Waals surface area contributed by atoms with Crippen molar-refractivity contribution in [3.05, 3.63) is 91.0 Å². The zero-order valence-electron chi connectivity index (χ0n) is 28.8. The van der Waals surface area contributed by atoms with Crippen LogP contribution < -0.4 is 37.6 Å². The fourth-order valence-corrected chi connectivity index (χ4v) is 14.6. The van der Waals surface area contributed by atoms with Gasteiger partial charge in [-0.3, -0.25) is 9.59 Å². The first-order chi connectivity index (χ1) is 24.5. The number of amides is 3. The van der Waals surface area contributed by atoms with Gasteiger partial charge in [-0.25, -0.2) is 0 Å². The summed E-state index contributed by atoms with van der Waals surface area (Å²) >= 11 is 4.38. The van der Waals surface area contributed by atoms with Gasteiger partial charge < -0.3 is 15.2 Å². The van der Waals surface area contributed by atoms with Crippen LogP contribution in [-0.2, 0) is 33.4 Å². The molecule has 0 aliphatic rings. The average Bonchev–Trinajstić information content (AvgIpc) is 3.15. The molecule has 0 bridgehead atoms. The van der Waals surface area contributed by atoms with E-state index in [-0.39, 0.29) is 50.0 Å². The van der Waals surface area contributed by atoms with Crippen LogP contribution in [0.1, 0.15) is 26.7 Å². The normalized spacial score (nSPS) is 13.1. The summed E-state index contributed by atoms with van der Waals surface area (Å²) in [5.41, 5.74) is 5.80. The number of carbonyl (C=O) groups excluding carboxylic acids is 5. The predicted octanol–water partition coefficient (Wildman–Crippen LogP) is 3.16. The Hall–Kier alpha value is -3.42. The first kappa shape index (κ1) is 42.0. The van der Waals surface area contributed by atoms with Gasteiger partial charge in [0.15, 0.2) is 0 Å². The standard InChI is InChI=1S/C36H46BrN4O7PS2/c1-3-47-34(44)24-40-35(45)31(41-32(42)21-20-30(38)36(46)48-4-2)25-50-51-26-33(43)39-22-23-49(37,27-14-8-5-9-15-27,28-16-10-6-11-17-28)29-18-12-7-13-19-29/h5-19,30-31H,3-4,20-26,38H2,1-2H3,(H,39,43)(H,40,45)(H,41,42). The number of hydrogen-bond acceptors (Lipinski definition) is 10. The Morgan fingerprint density at radius 3 is 1.80 bits per heavy atom. The van der Waals surface area contributed by atoms with Crippen molar-refractivity contribution in [3.8, 4) is 0 Å². The van der Waals surface area contributed by atoms with E-state index in [1.807, 2.05) is 54.6 Å². The van der Waals surface area contributed by atoms with Crippen molar-refractivity contribution in [2.75, 3.05) is 44.0 Å². The van der Waals surface area contributed by atoms with Gasteiger partial charge >= 0.3 is 253 Å². The summed E-state index contributed by atoms with van der Waals surface area (Å²) in [7, 11) is 2.47. The molecule has 5 N–H and O–H groups in total. The van der Waals surface area contributed by atoms with E-state index >= 15 is 0 Å². The van der Waals surface area contributed by atoms with Gasteiger partial charge in [-0.15, -0.1) is 0 Å². The quantitative estimate of drug-likeness (QED) is 0.0543. The van der Waals surface area contributed by atoms with Crippen molar-refractivity contribution in [1.82, 2.24) is 16.0 Å². The summed E-state index contributed by atoms with van der Waals surface area (Å²) in [5, 5.41) is 8.45. The Bertz CT molecular complexity index is 1490. The van der Waals surface area contributed by atoms with Crippen molar-refractivity contribution in [3.63, 3.8) is 0 Å². The maximum atomic E-state index is 13.1. The second-order valence-electron chi connectivity index (χ2n) is 11.3. The Morgan fingerprint density at radius 2 is 1.29 bits per heavy atom. The van der Waals surface area contributed by atoms with Crippen LogP contribution in [0.3, 0.4) is 0 Å². The van der Waals surface area contributed by atoms with E-state index in [0.29, 0.717) is 12.7 Å². The minimum atomic E-state index is -3.20. The topological polar surface area (TPSA) is 166 Å². The number of nitrogens with two attached hydrogens (primary N) is 1. The van der Waals surface area contributed by atoms with Gasteiger partial charge in [0.25, 0.3) is 0 Å². The number of benzene rings is 3. The van der Waals surface area contributed by atoms with E-state index in [4.69, 9.17) is 15.2 Å². The number of nitrogens with one attached hydrogen (secondary N) is 3. The number of hydrogen-bond donors (Lipinski definition) is 4. The molecule has 276 valence electrons. The Kier molecular flexibility index (Phi) is 17.4. The number of ether oxygens (including phenoxy) is 2. The molecule has 0 saturated heterocycles. The van der Waals surface area contributed by atoms with Crippen LogP contribution >= 0.6 is 42.4 Å². The molecule has 3 aromatic carbocycles. The molecule has 3 rings (SSSR count). The average molecular weight is 822 g/mol. The van der Waals surface area contributed by atoms with Crippen molar-refractivity contribution in [1.29, 1.82) is 0 Å². The van der Waals surface area contributed by atoms with Gasteiger partial charge in [0.2, 0.25) is 0 Å². The van der Waals surface area contributed by atoms with E-state index in [2.05, 4.69) is 67.8 Å². The van der Waals surface area contributed by atoms with Crippen LogP contribution in [-0.4, -0.2) is 85.7 Å². The predicted molar refractivity (Wildman–Crippen MR) is 212 cm³/mol. The van der Waals surface area contributed by atoms with Gasteiger partial charge in [0, 0.05) is 0 Å². The summed E-state index contributed by atoms with van der Waals surface area (Å²) in [4.78, 5) is 62.3. The van der Waals surface area contributed by atoms with Gasteiger partial charge in [0.05, 0.1) is 13.2 Å². The number of halogens is 1. The minimum Gasteiger partial charge on any atom is -0.465 e. The molecule has 2 atom stereocenters. The van der Waals surface area contributed by atoms with Gasteiger partial charge in [0.1, 0.15) is 6.04 Å². The fraction of sp³-hybridized carbons (Fsp3) is 0.361. The van der Waals surface area contributed by atoms with Crippen LogP contribution in [0.4, 0.5) is 0 Å². The molecule has 0 aliphatic heterocycles. The molecule has 51 heavy (non-hydrogen) atoms. The third-order valence-corrected chi connectivity index (χ3v) is 20.1. The maximum absolute atomic E-state index is 13.1. The molecule has 0 heterocycles. The summed E-state index contributed by atoms with van der Waals surface area (Å²) in [6.07, 6.45) is 0.540. The van der Waals surface area contributed by atoms with Crippen molar-refractivity contribution in [2.24, 2.45) is 5.73 Å². The van der Waals surface area contributed by atoms with Crippen LogP contribution in [0.5, 0.6) is 0 Å². The SMILES string of the molecule is CCOC(=O)CNC(=O)C(CSSCC(=O)NCCP(Br)(c1ccccc1)(c1ccccc1)c1ccccc1)NC(=O)CCC(N)C(=O)OCC. The van der Waals surface area contributed by atoms with Crippen LogP contribution in [0.15, 0.2) is 91.0 Å². The molecule has 0 aliphatic carbocycles. The van der Waals surface area contributed by atoms with Crippen molar-refractivity contribution in [2.45, 2.75) is 38.8 Å². The molecule has 11 nitrogen and oxygen atoms in total. The Labute approximate surface area is 315 Å². The third kappa shape index (κ3) is 12.1. The monoisotopic (exact) mass is 820 g/mol. The second-order valence-corrected chi connectivity index (χ2v) is 22.9. The van der Waals surface area contributed by atoms with E-state index in [1.54, 1.807) is 13.8 Å². The summed E-state index contributed by atoms with van der Waals surface area (Å²) in [5.74, 6) is -2.28. The van der Waals surface area contributed by atoms with Crippen LogP contribution in [0, 0.1) is 0 Å². The van der Waals surface area contributed by atoms with E-state index in [0.717, 1.165) is 15.9 Å². The van der Waals surface area contributed by atoms with Gasteiger partial charge in [-0.1, -0.05) is 0 Å². The summed E-state index contributed by atoms with van der Waals surface area (Å²) < 4.78 is 9.74. The van der Waals surface area contributed by atoms with Gasteiger partial charge in [-0.2, -0.15) is 0 Å². The Morgan fingerprint density at radius 1 is 0.765 bits per heavy atom. The van der Waals surface area contributed by atoms with Crippen molar-refractivity contribution < 1.29 is 33.4 Å². The Balaban J connectivity index is 1.63. The number of esters is 2. The molecule has 0 radical (unpaired) electrons. The fourth-order valence-electron chi connectivity index (χ4n) is 5.32. The molecule has 0 saturated carbocycles. The zero-order chi connectivity index (χ0) is 37.1. The molecule has 0 spiro atoms. The number of carbonyl (C=O) groups is 5. The molecule has 15 heteroatoms. The molecular weight excluding hydrogens is 775 g/mol. The molecule has 3 amide bonds. The minimum absolute atomic E-state index is 0.0293. The second kappa shape index (κ2) is 21.2. The summed E-state index contributed by atoms with van der Waals surface area (Å²) in [6.45, 7) is 3.68. The molecule has 0 fully saturated rings.